The molecule has 4 heteroatoms. The lowest BCUT2D eigenvalue weighted by Gasteiger charge is -2.35. The maximum Gasteiger partial charge on any atom is 0.167 e. The van der Waals surface area contributed by atoms with Crippen LogP contribution < -0.4 is 4.74 Å². The molecule has 31 heavy (non-hydrogen) atoms. The highest BCUT2D eigenvalue weighted by Crippen LogP contribution is 2.50. The van der Waals surface area contributed by atoms with Gasteiger partial charge in [0.2, 0.25) is 0 Å². The molecule has 6 rings (SSSR count). The second kappa shape index (κ2) is 6.54. The van der Waals surface area contributed by atoms with Crippen molar-refractivity contribution in [1.82, 2.24) is 0 Å². The molecule has 1 atom stereocenters. The van der Waals surface area contributed by atoms with E-state index in [2.05, 4.69) is 0 Å². The quantitative estimate of drug-likeness (QED) is 0.631. The number of ketones is 2. The Kier molecular flexibility index (Phi) is 3.78. The number of ether oxygens (including phenoxy) is 1. The van der Waals surface area contributed by atoms with E-state index in [1.54, 1.807) is 0 Å². The SMILES string of the molecule is O=C1Cc2ccccc2C(O)=C1C1C2=C(Oc3ccccc31)c1ccccc1CC2=O. The fraction of sp³-hybridized carbons (Fsp3) is 0.111. The maximum absolute atomic E-state index is 13.4. The van der Waals surface area contributed by atoms with Crippen LogP contribution in [0.1, 0.15) is 33.7 Å². The van der Waals surface area contributed by atoms with Crippen molar-refractivity contribution in [3.63, 3.8) is 0 Å². The highest BCUT2D eigenvalue weighted by molar-refractivity contribution is 6.14. The molecule has 1 heterocycles. The Balaban J connectivity index is 1.66. The zero-order chi connectivity index (χ0) is 21.1. The third-order valence-corrected chi connectivity index (χ3v) is 6.36. The van der Waals surface area contributed by atoms with E-state index in [-0.39, 0.29) is 35.7 Å². The van der Waals surface area contributed by atoms with E-state index >= 15 is 0 Å². The van der Waals surface area contributed by atoms with Crippen LogP contribution >= 0.6 is 0 Å². The van der Waals surface area contributed by atoms with Crippen molar-refractivity contribution >= 4 is 23.1 Å². The first-order valence-electron chi connectivity index (χ1n) is 10.3. The zero-order valence-corrected chi connectivity index (χ0v) is 16.6. The van der Waals surface area contributed by atoms with Gasteiger partial charge in [-0.25, -0.2) is 0 Å². The molecule has 1 unspecified atom stereocenters. The van der Waals surface area contributed by atoms with Gasteiger partial charge in [-0.15, -0.1) is 0 Å². The summed E-state index contributed by atoms with van der Waals surface area (Å²) >= 11 is 0. The fourth-order valence-electron chi connectivity index (χ4n) is 4.96. The molecule has 3 aromatic rings. The summed E-state index contributed by atoms with van der Waals surface area (Å²) in [6, 6.07) is 22.5. The summed E-state index contributed by atoms with van der Waals surface area (Å²) in [5, 5.41) is 11.2. The second-order valence-electron chi connectivity index (χ2n) is 8.09. The molecule has 4 nitrogen and oxygen atoms in total. The van der Waals surface area contributed by atoms with E-state index in [1.807, 2.05) is 72.8 Å². The van der Waals surface area contributed by atoms with Crippen molar-refractivity contribution in [1.29, 1.82) is 0 Å². The summed E-state index contributed by atoms with van der Waals surface area (Å²) < 4.78 is 6.24. The Hall–Kier alpha value is -3.92. The molecule has 0 amide bonds. The minimum Gasteiger partial charge on any atom is -0.507 e. The fourth-order valence-corrected chi connectivity index (χ4v) is 4.96. The number of carbonyl (C=O) groups excluding carboxylic acids is 2. The Labute approximate surface area is 179 Å². The number of rotatable bonds is 1. The molecule has 0 aromatic heterocycles. The van der Waals surface area contributed by atoms with Gasteiger partial charge in [0, 0.05) is 29.5 Å². The van der Waals surface area contributed by atoms with Crippen LogP contribution in [0.5, 0.6) is 5.75 Å². The Morgan fingerprint density at radius 1 is 0.710 bits per heavy atom. The van der Waals surface area contributed by atoms with E-state index in [4.69, 9.17) is 4.74 Å². The van der Waals surface area contributed by atoms with Crippen LogP contribution in [-0.4, -0.2) is 16.7 Å². The number of carbonyl (C=O) groups is 2. The summed E-state index contributed by atoms with van der Waals surface area (Å²) in [6.45, 7) is 0. The Morgan fingerprint density at radius 3 is 2.06 bits per heavy atom. The molecule has 3 aromatic carbocycles. The normalized spacial score (nSPS) is 19.3. The van der Waals surface area contributed by atoms with Gasteiger partial charge in [-0.2, -0.15) is 0 Å². The summed E-state index contributed by atoms with van der Waals surface area (Å²) in [7, 11) is 0. The number of hydrogen-bond acceptors (Lipinski definition) is 4. The lowest BCUT2D eigenvalue weighted by Crippen LogP contribution is -2.31. The van der Waals surface area contributed by atoms with Crippen LogP contribution in [0.3, 0.4) is 0 Å². The van der Waals surface area contributed by atoms with Crippen LogP contribution in [0.4, 0.5) is 0 Å². The standard InChI is InChI=1S/C27H18O4/c28-20-13-15-7-1-3-9-17(15)26(30)24(20)23-19-11-5-6-12-22(19)31-27-18-10-4-2-8-16(18)14-21(29)25(23)27/h1-12,23,30H,13-14H2. The Bertz CT molecular complexity index is 1360. The largest absolute Gasteiger partial charge is 0.507 e. The van der Waals surface area contributed by atoms with Gasteiger partial charge >= 0.3 is 0 Å². The third-order valence-electron chi connectivity index (χ3n) is 6.36. The van der Waals surface area contributed by atoms with Gasteiger partial charge in [-0.3, -0.25) is 9.59 Å². The predicted octanol–water partition coefficient (Wildman–Crippen LogP) is 4.79. The van der Waals surface area contributed by atoms with Crippen molar-refractivity contribution in [3.05, 3.63) is 112 Å². The summed E-state index contributed by atoms with van der Waals surface area (Å²) in [5.74, 6) is 0.121. The average Bonchev–Trinajstić information content (AvgIpc) is 2.78. The number of allylic oxidation sites excluding steroid dienone is 2. The molecule has 0 saturated heterocycles. The van der Waals surface area contributed by atoms with Crippen LogP contribution in [0, 0.1) is 0 Å². The minimum atomic E-state index is -0.665. The lowest BCUT2D eigenvalue weighted by atomic mass is 9.71. The topological polar surface area (TPSA) is 63.6 Å². The van der Waals surface area contributed by atoms with Crippen molar-refractivity contribution in [3.8, 4) is 5.75 Å². The second-order valence-corrected chi connectivity index (χ2v) is 8.09. The van der Waals surface area contributed by atoms with Crippen LogP contribution in [0.25, 0.3) is 11.5 Å². The van der Waals surface area contributed by atoms with E-state index in [1.165, 1.54) is 0 Å². The lowest BCUT2D eigenvalue weighted by molar-refractivity contribution is -0.115. The summed E-state index contributed by atoms with van der Waals surface area (Å²) in [4.78, 5) is 26.7. The maximum atomic E-state index is 13.4. The first kappa shape index (κ1) is 17.9. The van der Waals surface area contributed by atoms with Crippen molar-refractivity contribution < 1.29 is 19.4 Å². The molecule has 1 N–H and O–H groups in total. The van der Waals surface area contributed by atoms with Crippen LogP contribution in [-0.2, 0) is 22.4 Å². The number of aliphatic hydroxyl groups excluding tert-OH is 1. The molecular weight excluding hydrogens is 388 g/mol. The summed E-state index contributed by atoms with van der Waals surface area (Å²) in [5.41, 5.74) is 4.66. The monoisotopic (exact) mass is 406 g/mol. The van der Waals surface area contributed by atoms with E-state index < -0.39 is 5.92 Å². The highest BCUT2D eigenvalue weighted by atomic mass is 16.5. The Morgan fingerprint density at radius 2 is 1.29 bits per heavy atom. The minimum absolute atomic E-state index is 0.0490. The van der Waals surface area contributed by atoms with Crippen LogP contribution in [0.2, 0.25) is 0 Å². The molecule has 150 valence electrons. The first-order chi connectivity index (χ1) is 15.1. The van der Waals surface area contributed by atoms with Gasteiger partial charge in [0.25, 0.3) is 0 Å². The van der Waals surface area contributed by atoms with Gasteiger partial charge < -0.3 is 9.84 Å². The van der Waals surface area contributed by atoms with Gasteiger partial charge in [0.1, 0.15) is 17.3 Å². The molecule has 3 aliphatic rings. The molecule has 0 saturated carbocycles. The van der Waals surface area contributed by atoms with E-state index in [0.717, 1.165) is 22.3 Å². The molecule has 0 bridgehead atoms. The number of Topliss-reactive ketones (excluding diaryl/α,β-unsaturated/α-hetero) is 2. The van der Waals surface area contributed by atoms with Crippen molar-refractivity contribution in [2.45, 2.75) is 18.8 Å². The van der Waals surface area contributed by atoms with E-state index in [0.29, 0.717) is 22.6 Å². The third kappa shape index (κ3) is 2.55. The highest BCUT2D eigenvalue weighted by Gasteiger charge is 2.43. The zero-order valence-electron chi connectivity index (χ0n) is 16.6. The number of aliphatic hydroxyl groups is 1. The molecule has 2 aliphatic carbocycles. The van der Waals surface area contributed by atoms with Crippen molar-refractivity contribution in [2.75, 3.05) is 0 Å². The molecule has 0 radical (unpaired) electrons. The first-order valence-corrected chi connectivity index (χ1v) is 10.3. The number of para-hydroxylation sites is 1. The molecule has 0 fully saturated rings. The van der Waals surface area contributed by atoms with E-state index in [9.17, 15) is 14.7 Å². The number of fused-ring (bicyclic) bond motifs is 4. The van der Waals surface area contributed by atoms with Gasteiger partial charge in [0.05, 0.1) is 17.1 Å². The molecular formula is C27H18O4. The van der Waals surface area contributed by atoms with Crippen LogP contribution in [0.15, 0.2) is 83.9 Å². The van der Waals surface area contributed by atoms with Gasteiger partial charge in [-0.1, -0.05) is 66.7 Å². The number of hydrogen-bond donors (Lipinski definition) is 1. The predicted molar refractivity (Wildman–Crippen MR) is 117 cm³/mol. The van der Waals surface area contributed by atoms with Gasteiger partial charge in [-0.05, 0) is 17.2 Å². The number of benzene rings is 3. The molecule has 0 spiro atoms. The van der Waals surface area contributed by atoms with Crippen molar-refractivity contribution in [2.24, 2.45) is 0 Å². The summed E-state index contributed by atoms with van der Waals surface area (Å²) in [6.07, 6.45) is 0.443. The average molecular weight is 406 g/mol. The molecule has 1 aliphatic heterocycles. The van der Waals surface area contributed by atoms with Gasteiger partial charge in [0.15, 0.2) is 11.6 Å². The smallest absolute Gasteiger partial charge is 0.167 e.